The van der Waals surface area contributed by atoms with Crippen LogP contribution in [0, 0.1) is 0 Å². The van der Waals surface area contributed by atoms with Gasteiger partial charge in [-0.1, -0.05) is 24.8 Å². The Morgan fingerprint density at radius 2 is 1.71 bits per heavy atom. The van der Waals surface area contributed by atoms with E-state index in [1.54, 1.807) is 18.2 Å². The van der Waals surface area contributed by atoms with Gasteiger partial charge in [-0.2, -0.15) is 13.2 Å². The molecule has 0 atom stereocenters. The molecular weight excluding hydrogens is 319 g/mol. The van der Waals surface area contributed by atoms with Crippen molar-refractivity contribution in [3.63, 3.8) is 0 Å². The molecule has 0 fully saturated rings. The number of nitrogens with zero attached hydrogens (tertiary/aromatic N) is 1. The molecule has 1 heterocycles. The second kappa shape index (κ2) is 5.63. The molecule has 1 aliphatic heterocycles. The van der Waals surface area contributed by atoms with E-state index in [1.165, 1.54) is 12.1 Å². The van der Waals surface area contributed by atoms with Crippen molar-refractivity contribution in [3.8, 4) is 11.1 Å². The van der Waals surface area contributed by atoms with Crippen LogP contribution in [0.5, 0.6) is 0 Å². The van der Waals surface area contributed by atoms with Crippen molar-refractivity contribution in [3.05, 3.63) is 71.8 Å². The van der Waals surface area contributed by atoms with Gasteiger partial charge in [0.2, 0.25) is 0 Å². The van der Waals surface area contributed by atoms with Crippen LogP contribution in [0.4, 0.5) is 13.2 Å². The number of carbonyl (C=O) groups is 2. The number of carbonyl (C=O) groups excluding carboxylic acids is 2. The Labute approximate surface area is 136 Å². The zero-order valence-electron chi connectivity index (χ0n) is 12.4. The first-order chi connectivity index (χ1) is 11.3. The number of halogens is 3. The summed E-state index contributed by atoms with van der Waals surface area (Å²) >= 11 is 0. The average molecular weight is 331 g/mol. The number of rotatable bonds is 2. The maximum atomic E-state index is 12.6. The summed E-state index contributed by atoms with van der Waals surface area (Å²) in [6, 6.07) is 9.75. The Bertz CT molecular complexity index is 838. The smallest absolute Gasteiger partial charge is 0.270 e. The first kappa shape index (κ1) is 16.0. The minimum absolute atomic E-state index is 0.132. The van der Waals surface area contributed by atoms with Crippen molar-refractivity contribution >= 4 is 11.8 Å². The van der Waals surface area contributed by atoms with E-state index in [9.17, 15) is 22.8 Å². The second-order valence-corrected chi connectivity index (χ2v) is 5.38. The van der Waals surface area contributed by atoms with Crippen LogP contribution in [0.2, 0.25) is 0 Å². The van der Waals surface area contributed by atoms with E-state index in [-0.39, 0.29) is 6.54 Å². The van der Waals surface area contributed by atoms with Crippen LogP contribution in [0.3, 0.4) is 0 Å². The summed E-state index contributed by atoms with van der Waals surface area (Å²) < 4.78 is 37.8. The number of imide groups is 1. The van der Waals surface area contributed by atoms with Gasteiger partial charge in [-0.05, 0) is 47.0 Å². The fraction of sp³-hybridized carbons (Fsp3) is 0.111. The molecule has 0 aromatic heterocycles. The Hall–Kier alpha value is -2.89. The summed E-state index contributed by atoms with van der Waals surface area (Å²) in [7, 11) is 0. The highest BCUT2D eigenvalue weighted by atomic mass is 19.4. The van der Waals surface area contributed by atoms with Gasteiger partial charge in [0.15, 0.2) is 0 Å². The van der Waals surface area contributed by atoms with Crippen molar-refractivity contribution in [1.82, 2.24) is 4.90 Å². The van der Waals surface area contributed by atoms with E-state index in [1.807, 2.05) is 0 Å². The maximum absolute atomic E-state index is 12.6. The molecule has 0 N–H and O–H groups in total. The van der Waals surface area contributed by atoms with E-state index in [0.29, 0.717) is 22.3 Å². The average Bonchev–Trinajstić information content (AvgIpc) is 2.90. The third kappa shape index (κ3) is 2.71. The minimum Gasteiger partial charge on any atom is -0.270 e. The van der Waals surface area contributed by atoms with Gasteiger partial charge in [-0.3, -0.25) is 14.5 Å². The zero-order chi connectivity index (χ0) is 17.5. The van der Waals surface area contributed by atoms with Crippen molar-refractivity contribution in [2.45, 2.75) is 12.7 Å². The Balaban J connectivity index is 1.93. The molecule has 0 bridgehead atoms. The van der Waals surface area contributed by atoms with Crippen LogP contribution in [0.1, 0.15) is 21.5 Å². The summed E-state index contributed by atoms with van der Waals surface area (Å²) in [4.78, 5) is 24.9. The van der Waals surface area contributed by atoms with Gasteiger partial charge in [-0.15, -0.1) is 0 Å². The highest BCUT2D eigenvalue weighted by Crippen LogP contribution is 2.32. The summed E-state index contributed by atoms with van der Waals surface area (Å²) in [5.74, 6) is -0.874. The van der Waals surface area contributed by atoms with Crippen molar-refractivity contribution in [1.29, 1.82) is 0 Å². The van der Waals surface area contributed by atoms with Gasteiger partial charge < -0.3 is 0 Å². The molecule has 24 heavy (non-hydrogen) atoms. The Morgan fingerprint density at radius 1 is 1.08 bits per heavy atom. The monoisotopic (exact) mass is 331 g/mol. The predicted octanol–water partition coefficient (Wildman–Crippen LogP) is 4.04. The van der Waals surface area contributed by atoms with Crippen LogP contribution in [-0.2, 0) is 17.5 Å². The molecule has 2 aromatic carbocycles. The highest BCUT2D eigenvalue weighted by molar-refractivity contribution is 6.10. The molecule has 0 spiro atoms. The fourth-order valence-corrected chi connectivity index (χ4v) is 2.64. The largest absolute Gasteiger partial charge is 0.416 e. The molecule has 3 nitrogen and oxygen atoms in total. The SMILES string of the molecule is C=CC(=O)N1Cc2cc(-c3ccc(C(F)(F)F)cc3)ccc2C1=O. The van der Waals surface area contributed by atoms with E-state index in [0.717, 1.165) is 23.1 Å². The van der Waals surface area contributed by atoms with E-state index < -0.39 is 23.6 Å². The normalized spacial score (nSPS) is 13.8. The first-order valence-electron chi connectivity index (χ1n) is 7.10. The van der Waals surface area contributed by atoms with Crippen LogP contribution in [0.25, 0.3) is 11.1 Å². The minimum atomic E-state index is -4.38. The number of amides is 2. The molecule has 1 aliphatic rings. The molecule has 2 aromatic rings. The first-order valence-corrected chi connectivity index (χ1v) is 7.10. The molecule has 122 valence electrons. The quantitative estimate of drug-likeness (QED) is 0.779. The van der Waals surface area contributed by atoms with Crippen molar-refractivity contribution in [2.75, 3.05) is 0 Å². The lowest BCUT2D eigenvalue weighted by Gasteiger charge is -2.09. The van der Waals surface area contributed by atoms with Gasteiger partial charge in [-0.25, -0.2) is 0 Å². The topological polar surface area (TPSA) is 37.4 Å². The zero-order valence-corrected chi connectivity index (χ0v) is 12.4. The fourth-order valence-electron chi connectivity index (χ4n) is 2.64. The molecule has 3 rings (SSSR count). The molecule has 0 saturated heterocycles. The number of hydrogen-bond donors (Lipinski definition) is 0. The Kier molecular flexibility index (Phi) is 3.75. The van der Waals surface area contributed by atoms with Gasteiger partial charge in [0.25, 0.3) is 11.8 Å². The van der Waals surface area contributed by atoms with E-state index in [2.05, 4.69) is 6.58 Å². The van der Waals surface area contributed by atoms with Gasteiger partial charge in [0, 0.05) is 5.56 Å². The standard InChI is InChI=1S/C18H12F3NO2/c1-2-16(23)22-10-13-9-12(5-8-15(13)17(22)24)11-3-6-14(7-4-11)18(19,20)21/h2-9H,1,10H2. The van der Waals surface area contributed by atoms with Gasteiger partial charge in [0.1, 0.15) is 0 Å². The third-order valence-corrected chi connectivity index (χ3v) is 3.90. The lowest BCUT2D eigenvalue weighted by Crippen LogP contribution is -2.29. The van der Waals surface area contributed by atoms with Crippen molar-refractivity contribution < 1.29 is 22.8 Å². The van der Waals surface area contributed by atoms with Crippen LogP contribution in [0.15, 0.2) is 55.1 Å². The highest BCUT2D eigenvalue weighted by Gasteiger charge is 2.31. The molecule has 0 aliphatic carbocycles. The molecule has 0 unspecified atom stereocenters. The number of alkyl halides is 3. The third-order valence-electron chi connectivity index (χ3n) is 3.90. The molecule has 0 saturated carbocycles. The summed E-state index contributed by atoms with van der Waals surface area (Å²) in [5, 5.41) is 0. The number of benzene rings is 2. The summed E-state index contributed by atoms with van der Waals surface area (Å²) in [6.45, 7) is 3.49. The molecular formula is C18H12F3NO2. The second-order valence-electron chi connectivity index (χ2n) is 5.38. The van der Waals surface area contributed by atoms with Crippen LogP contribution >= 0.6 is 0 Å². The lowest BCUT2D eigenvalue weighted by atomic mass is 9.99. The van der Waals surface area contributed by atoms with Crippen molar-refractivity contribution in [2.24, 2.45) is 0 Å². The predicted molar refractivity (Wildman–Crippen MR) is 82.0 cm³/mol. The van der Waals surface area contributed by atoms with Gasteiger partial charge in [0.05, 0.1) is 12.1 Å². The summed E-state index contributed by atoms with van der Waals surface area (Å²) in [6.07, 6.45) is -3.31. The lowest BCUT2D eigenvalue weighted by molar-refractivity contribution is -0.137. The summed E-state index contributed by atoms with van der Waals surface area (Å²) in [5.41, 5.74) is 1.65. The van der Waals surface area contributed by atoms with Crippen LogP contribution < -0.4 is 0 Å². The van der Waals surface area contributed by atoms with E-state index in [4.69, 9.17) is 0 Å². The number of hydrogen-bond acceptors (Lipinski definition) is 2. The molecule has 0 radical (unpaired) electrons. The Morgan fingerprint density at radius 3 is 2.29 bits per heavy atom. The molecule has 2 amide bonds. The van der Waals surface area contributed by atoms with E-state index >= 15 is 0 Å². The maximum Gasteiger partial charge on any atom is 0.416 e. The van der Waals surface area contributed by atoms with Crippen LogP contribution in [-0.4, -0.2) is 16.7 Å². The number of fused-ring (bicyclic) bond motifs is 1. The van der Waals surface area contributed by atoms with Gasteiger partial charge >= 0.3 is 6.18 Å². The molecule has 6 heteroatoms.